The maximum atomic E-state index is 2.58. The Morgan fingerprint density at radius 2 is 0.755 bits per heavy atom. The molecule has 0 fully saturated rings. The Hall–Kier alpha value is -4.42. The van der Waals surface area contributed by atoms with Crippen LogP contribution in [0.2, 0.25) is 0 Å². The van der Waals surface area contributed by atoms with Crippen LogP contribution < -0.4 is 0 Å². The molecule has 274 valence electrons. The van der Waals surface area contributed by atoms with Crippen LogP contribution in [0.5, 0.6) is 0 Å². The fourth-order valence-corrected chi connectivity index (χ4v) is 8.43. The first-order valence-electron chi connectivity index (χ1n) is 20.9. The van der Waals surface area contributed by atoms with Gasteiger partial charge in [0, 0.05) is 5.41 Å². The maximum Gasteiger partial charge on any atom is 0.0215 e. The summed E-state index contributed by atoms with van der Waals surface area (Å²) in [5, 5.41) is 0. The van der Waals surface area contributed by atoms with Crippen molar-refractivity contribution in [3.8, 4) is 22.3 Å². The molecule has 0 N–H and O–H groups in total. The van der Waals surface area contributed by atoms with E-state index < -0.39 is 0 Å². The smallest absolute Gasteiger partial charge is 0.0215 e. The Balaban J connectivity index is 1.20. The Morgan fingerprint density at radius 1 is 0.377 bits per heavy atom. The average molecular weight is 699 g/mol. The Kier molecular flexibility index (Phi) is 13.8. The molecule has 0 aromatic heterocycles. The summed E-state index contributed by atoms with van der Waals surface area (Å²) >= 11 is 0. The largest absolute Gasteiger partial charge is 0.0654 e. The van der Waals surface area contributed by atoms with Gasteiger partial charge < -0.3 is 0 Å². The molecule has 53 heavy (non-hydrogen) atoms. The molecule has 0 aliphatic heterocycles. The van der Waals surface area contributed by atoms with E-state index in [4.69, 9.17) is 0 Å². The average Bonchev–Trinajstić information content (AvgIpc) is 3.45. The molecule has 5 aromatic carbocycles. The number of unbranched alkanes of at least 4 members (excludes halogenated alkanes) is 10. The molecule has 0 unspecified atom stereocenters. The van der Waals surface area contributed by atoms with E-state index in [0.717, 1.165) is 0 Å². The molecular formula is C53H62. The molecule has 6 rings (SSSR count). The summed E-state index contributed by atoms with van der Waals surface area (Å²) in [6.45, 7) is 9.04. The van der Waals surface area contributed by atoms with E-state index in [1.807, 2.05) is 0 Å². The highest BCUT2D eigenvalue weighted by Crippen LogP contribution is 2.55. The molecule has 1 aliphatic rings. The third kappa shape index (κ3) is 9.97. The van der Waals surface area contributed by atoms with Crippen LogP contribution in [0.25, 0.3) is 46.6 Å². The van der Waals surface area contributed by atoms with Crippen LogP contribution in [0.4, 0.5) is 0 Å². The molecule has 5 aromatic rings. The van der Waals surface area contributed by atoms with Gasteiger partial charge in [-0.1, -0.05) is 229 Å². The third-order valence-electron chi connectivity index (χ3n) is 11.6. The topological polar surface area (TPSA) is 0 Å². The van der Waals surface area contributed by atoms with Gasteiger partial charge in [-0.25, -0.2) is 0 Å². The minimum Gasteiger partial charge on any atom is -0.0654 e. The van der Waals surface area contributed by atoms with Crippen molar-refractivity contribution in [2.75, 3.05) is 0 Å². The molecule has 0 heteroatoms. The van der Waals surface area contributed by atoms with E-state index in [9.17, 15) is 0 Å². The van der Waals surface area contributed by atoms with E-state index in [1.54, 1.807) is 11.1 Å². The fourth-order valence-electron chi connectivity index (χ4n) is 8.43. The zero-order valence-corrected chi connectivity index (χ0v) is 33.1. The number of aryl methyl sites for hydroxylation is 2. The van der Waals surface area contributed by atoms with Gasteiger partial charge in [0.05, 0.1) is 0 Å². The van der Waals surface area contributed by atoms with Gasteiger partial charge in [0.1, 0.15) is 0 Å². The lowest BCUT2D eigenvalue weighted by Crippen LogP contribution is -2.25. The standard InChI is InChI=1S/C53H62/c1-5-7-9-11-13-15-37-53(38-16-14-12-10-8-6-2)51-39-42(4)19-35-49(51)50-36-34-48(40-52(50)53)47-32-30-46(31-33-47)29-28-45-26-24-44(25-27-45)23-22-43-20-17-41(3)18-21-43/h17-36,39-40H,5-16,37-38H2,1-4H3/b23-22+,29-28+. The Bertz CT molecular complexity index is 1920. The van der Waals surface area contributed by atoms with Crippen LogP contribution in [0.15, 0.2) is 109 Å². The minimum atomic E-state index is 0.108. The molecule has 0 bridgehead atoms. The molecule has 0 radical (unpaired) electrons. The summed E-state index contributed by atoms with van der Waals surface area (Å²) in [7, 11) is 0. The molecular weight excluding hydrogens is 637 g/mol. The lowest BCUT2D eigenvalue weighted by atomic mass is 9.70. The predicted molar refractivity (Wildman–Crippen MR) is 234 cm³/mol. The number of benzene rings is 5. The van der Waals surface area contributed by atoms with Crippen molar-refractivity contribution in [1.82, 2.24) is 0 Å². The van der Waals surface area contributed by atoms with Crippen molar-refractivity contribution in [3.05, 3.63) is 154 Å². The van der Waals surface area contributed by atoms with Gasteiger partial charge in [-0.3, -0.25) is 0 Å². The lowest BCUT2D eigenvalue weighted by molar-refractivity contribution is 0.398. The maximum absolute atomic E-state index is 2.58. The van der Waals surface area contributed by atoms with Gasteiger partial charge in [-0.05, 0) is 88.4 Å². The number of fused-ring (bicyclic) bond motifs is 3. The summed E-state index contributed by atoms with van der Waals surface area (Å²) < 4.78 is 0. The molecule has 0 atom stereocenters. The van der Waals surface area contributed by atoms with Crippen molar-refractivity contribution in [2.45, 2.75) is 123 Å². The van der Waals surface area contributed by atoms with Gasteiger partial charge in [0.25, 0.3) is 0 Å². The lowest BCUT2D eigenvalue weighted by Gasteiger charge is -2.33. The molecule has 0 nitrogen and oxygen atoms in total. The molecule has 0 heterocycles. The van der Waals surface area contributed by atoms with Gasteiger partial charge in [-0.15, -0.1) is 0 Å². The van der Waals surface area contributed by atoms with E-state index in [1.165, 1.54) is 146 Å². The Labute approximate surface area is 322 Å². The highest BCUT2D eigenvalue weighted by molar-refractivity contribution is 5.84. The summed E-state index contributed by atoms with van der Waals surface area (Å²) in [6, 6.07) is 41.3. The van der Waals surface area contributed by atoms with E-state index in [-0.39, 0.29) is 5.41 Å². The van der Waals surface area contributed by atoms with Crippen molar-refractivity contribution in [3.63, 3.8) is 0 Å². The number of rotatable bonds is 19. The molecule has 0 spiro atoms. The van der Waals surface area contributed by atoms with Crippen LogP contribution in [0.1, 0.15) is 148 Å². The molecule has 0 saturated heterocycles. The second-order valence-corrected chi connectivity index (χ2v) is 15.8. The van der Waals surface area contributed by atoms with E-state index in [2.05, 4.69) is 161 Å². The van der Waals surface area contributed by atoms with Crippen molar-refractivity contribution in [1.29, 1.82) is 0 Å². The van der Waals surface area contributed by atoms with Crippen LogP contribution >= 0.6 is 0 Å². The first-order chi connectivity index (χ1) is 26.0. The zero-order valence-electron chi connectivity index (χ0n) is 33.1. The van der Waals surface area contributed by atoms with Gasteiger partial charge in [0.2, 0.25) is 0 Å². The van der Waals surface area contributed by atoms with Crippen molar-refractivity contribution in [2.24, 2.45) is 0 Å². The Morgan fingerprint density at radius 3 is 1.26 bits per heavy atom. The second kappa shape index (κ2) is 19.1. The van der Waals surface area contributed by atoms with Gasteiger partial charge in [-0.2, -0.15) is 0 Å². The van der Waals surface area contributed by atoms with E-state index >= 15 is 0 Å². The molecule has 0 amide bonds. The van der Waals surface area contributed by atoms with Crippen LogP contribution in [0, 0.1) is 13.8 Å². The van der Waals surface area contributed by atoms with Crippen molar-refractivity contribution >= 4 is 24.3 Å². The molecule has 0 saturated carbocycles. The van der Waals surface area contributed by atoms with Crippen molar-refractivity contribution < 1.29 is 0 Å². The summed E-state index contributed by atoms with van der Waals surface area (Å²) in [6.07, 6.45) is 27.5. The van der Waals surface area contributed by atoms with Crippen LogP contribution in [-0.4, -0.2) is 0 Å². The van der Waals surface area contributed by atoms with Gasteiger partial charge >= 0.3 is 0 Å². The fraction of sp³-hybridized carbons (Fsp3) is 0.358. The summed E-state index contributed by atoms with van der Waals surface area (Å²) in [5.74, 6) is 0. The quantitative estimate of drug-likeness (QED) is 0.0595. The highest BCUT2D eigenvalue weighted by atomic mass is 14.4. The number of hydrogen-bond acceptors (Lipinski definition) is 0. The van der Waals surface area contributed by atoms with Crippen LogP contribution in [-0.2, 0) is 5.41 Å². The van der Waals surface area contributed by atoms with Crippen LogP contribution in [0.3, 0.4) is 0 Å². The highest BCUT2D eigenvalue weighted by Gasteiger charge is 2.42. The second-order valence-electron chi connectivity index (χ2n) is 15.8. The number of hydrogen-bond donors (Lipinski definition) is 0. The summed E-state index contributed by atoms with van der Waals surface area (Å²) in [5.41, 5.74) is 16.4. The molecule has 1 aliphatic carbocycles. The first kappa shape index (κ1) is 38.3. The van der Waals surface area contributed by atoms with Gasteiger partial charge in [0.15, 0.2) is 0 Å². The normalized spacial score (nSPS) is 13.2. The van der Waals surface area contributed by atoms with E-state index in [0.29, 0.717) is 0 Å². The predicted octanol–water partition coefficient (Wildman–Crippen LogP) is 16.1. The first-order valence-corrected chi connectivity index (χ1v) is 20.9. The zero-order chi connectivity index (χ0) is 36.9. The monoisotopic (exact) mass is 698 g/mol. The SMILES string of the molecule is CCCCCCCCC1(CCCCCCCC)c2cc(C)ccc2-c2ccc(-c3ccc(/C=C/c4ccc(/C=C/c5ccc(C)cc5)cc4)cc3)cc21. The third-order valence-corrected chi connectivity index (χ3v) is 11.6. The minimum absolute atomic E-state index is 0.108. The summed E-state index contributed by atoms with van der Waals surface area (Å²) in [4.78, 5) is 0.